The number of nitrogens with one attached hydrogen (secondary N) is 3. The maximum Gasteiger partial charge on any atom is 0.252 e. The molecule has 94 valence electrons. The first kappa shape index (κ1) is 12.1. The molecule has 0 bridgehead atoms. The molecule has 0 radical (unpaired) electrons. The second kappa shape index (κ2) is 4.46. The molecule has 0 spiro atoms. The molecule has 0 saturated carbocycles. The van der Waals surface area contributed by atoms with Crippen LogP contribution in [-0.2, 0) is 0 Å². The van der Waals surface area contributed by atoms with E-state index >= 15 is 0 Å². The normalized spacial score (nSPS) is 17.9. The number of hydrogen-bond acceptors (Lipinski definition) is 5. The zero-order chi connectivity index (χ0) is 12.5. The van der Waals surface area contributed by atoms with Crippen molar-refractivity contribution in [3.05, 3.63) is 22.2 Å². The summed E-state index contributed by atoms with van der Waals surface area (Å²) in [5, 5.41) is 15.9. The Balaban J connectivity index is 2.07. The van der Waals surface area contributed by atoms with Crippen molar-refractivity contribution >= 4 is 5.82 Å². The average molecular weight is 238 g/mol. The van der Waals surface area contributed by atoms with Crippen LogP contribution in [0.5, 0.6) is 0 Å². The van der Waals surface area contributed by atoms with Crippen molar-refractivity contribution in [1.29, 1.82) is 0 Å². The largest absolute Gasteiger partial charge is 0.385 e. The summed E-state index contributed by atoms with van der Waals surface area (Å²) < 4.78 is 0. The Hall–Kier alpha value is -1.40. The van der Waals surface area contributed by atoms with Crippen LogP contribution in [0, 0.1) is 0 Å². The molecule has 1 aromatic heterocycles. The Morgan fingerprint density at radius 2 is 2.29 bits per heavy atom. The van der Waals surface area contributed by atoms with Gasteiger partial charge in [-0.15, -0.1) is 0 Å². The van der Waals surface area contributed by atoms with Crippen molar-refractivity contribution in [2.24, 2.45) is 0 Å². The first-order valence-electron chi connectivity index (χ1n) is 5.77. The molecule has 0 aromatic carbocycles. The summed E-state index contributed by atoms with van der Waals surface area (Å²) in [7, 11) is 0. The van der Waals surface area contributed by atoms with Crippen LogP contribution in [-0.4, -0.2) is 40.3 Å². The minimum Gasteiger partial charge on any atom is -0.385 e. The molecule has 17 heavy (non-hydrogen) atoms. The first-order valence-corrected chi connectivity index (χ1v) is 5.77. The molecule has 0 amide bonds. The molecule has 6 nitrogen and oxygen atoms in total. The summed E-state index contributed by atoms with van der Waals surface area (Å²) in [6.45, 7) is 5.46. The van der Waals surface area contributed by atoms with E-state index in [1.54, 1.807) is 0 Å². The Bertz CT molecular complexity index is 451. The summed E-state index contributed by atoms with van der Waals surface area (Å²) in [6.07, 6.45) is 0. The number of aromatic nitrogens is 2. The van der Waals surface area contributed by atoms with Gasteiger partial charge in [-0.25, -0.2) is 4.98 Å². The number of aromatic amines is 1. The number of hydrogen-bond donors (Lipinski definition) is 4. The minimum atomic E-state index is -0.720. The van der Waals surface area contributed by atoms with Crippen LogP contribution in [0.1, 0.15) is 25.6 Å². The lowest BCUT2D eigenvalue weighted by Gasteiger charge is -2.37. The third-order valence-corrected chi connectivity index (χ3v) is 2.81. The Labute approximate surface area is 99.5 Å². The molecular formula is C11H18N4O2. The van der Waals surface area contributed by atoms with Gasteiger partial charge in [0.05, 0.1) is 0 Å². The lowest BCUT2D eigenvalue weighted by molar-refractivity contribution is 0.00305. The predicted molar refractivity (Wildman–Crippen MR) is 65.3 cm³/mol. The van der Waals surface area contributed by atoms with E-state index in [0.29, 0.717) is 31.3 Å². The highest BCUT2D eigenvalue weighted by Gasteiger charge is 2.33. The van der Waals surface area contributed by atoms with Crippen LogP contribution in [0.2, 0.25) is 0 Å². The lowest BCUT2D eigenvalue weighted by atomic mass is 9.97. The smallest absolute Gasteiger partial charge is 0.252 e. The standard InChI is InChI=1S/C11H18N4O2/c1-7(2)10-14-8(3-9(16)15-10)13-6-11(17)4-12-5-11/h3,7,12,17H,4-6H2,1-2H3,(H2,13,14,15,16). The van der Waals surface area contributed by atoms with Crippen molar-refractivity contribution in [3.8, 4) is 0 Å². The van der Waals surface area contributed by atoms with E-state index in [2.05, 4.69) is 20.6 Å². The summed E-state index contributed by atoms with van der Waals surface area (Å²) in [5.41, 5.74) is -0.896. The topological polar surface area (TPSA) is 90.0 Å². The highest BCUT2D eigenvalue weighted by Crippen LogP contribution is 2.13. The van der Waals surface area contributed by atoms with Crippen molar-refractivity contribution in [1.82, 2.24) is 15.3 Å². The molecule has 1 aromatic rings. The summed E-state index contributed by atoms with van der Waals surface area (Å²) in [5.74, 6) is 1.33. The number of H-pyrrole nitrogens is 1. The van der Waals surface area contributed by atoms with Crippen LogP contribution >= 0.6 is 0 Å². The van der Waals surface area contributed by atoms with Gasteiger partial charge < -0.3 is 20.7 Å². The van der Waals surface area contributed by atoms with Crippen molar-refractivity contribution < 1.29 is 5.11 Å². The van der Waals surface area contributed by atoms with Crippen molar-refractivity contribution in [2.45, 2.75) is 25.4 Å². The second-order valence-electron chi connectivity index (χ2n) is 4.85. The zero-order valence-electron chi connectivity index (χ0n) is 10.1. The third kappa shape index (κ3) is 2.83. The van der Waals surface area contributed by atoms with E-state index in [1.807, 2.05) is 13.8 Å². The molecule has 4 N–H and O–H groups in total. The molecule has 6 heteroatoms. The van der Waals surface area contributed by atoms with E-state index in [0.717, 1.165) is 0 Å². The van der Waals surface area contributed by atoms with E-state index in [-0.39, 0.29) is 11.5 Å². The number of nitrogens with zero attached hydrogens (tertiary/aromatic N) is 1. The Morgan fingerprint density at radius 3 is 2.82 bits per heavy atom. The maximum absolute atomic E-state index is 11.4. The molecule has 0 atom stereocenters. The fourth-order valence-corrected chi connectivity index (χ4v) is 1.63. The second-order valence-corrected chi connectivity index (χ2v) is 4.85. The van der Waals surface area contributed by atoms with Gasteiger partial charge in [0.1, 0.15) is 17.2 Å². The van der Waals surface area contributed by atoms with Gasteiger partial charge in [0.2, 0.25) is 0 Å². The number of β-amino-alcohol motifs (C(OH)–C–C–N with tert-alkyl or cyclic N) is 1. The van der Waals surface area contributed by atoms with Gasteiger partial charge in [-0.05, 0) is 0 Å². The van der Waals surface area contributed by atoms with Crippen LogP contribution < -0.4 is 16.2 Å². The number of anilines is 1. The SMILES string of the molecule is CC(C)c1nc(NCC2(O)CNC2)cc(=O)[nH]1. The molecule has 0 unspecified atom stereocenters. The fraction of sp³-hybridized carbons (Fsp3) is 0.636. The van der Waals surface area contributed by atoms with E-state index in [1.165, 1.54) is 6.07 Å². The van der Waals surface area contributed by atoms with Gasteiger partial charge in [-0.1, -0.05) is 13.8 Å². The summed E-state index contributed by atoms with van der Waals surface area (Å²) in [6, 6.07) is 1.40. The lowest BCUT2D eigenvalue weighted by Crippen LogP contribution is -2.63. The van der Waals surface area contributed by atoms with Crippen LogP contribution in [0.3, 0.4) is 0 Å². The molecule has 0 aliphatic carbocycles. The van der Waals surface area contributed by atoms with Crippen molar-refractivity contribution in [2.75, 3.05) is 25.0 Å². The van der Waals surface area contributed by atoms with Crippen LogP contribution in [0.4, 0.5) is 5.82 Å². The first-order chi connectivity index (χ1) is 7.98. The van der Waals surface area contributed by atoms with Gasteiger partial charge in [0, 0.05) is 31.6 Å². The van der Waals surface area contributed by atoms with Crippen LogP contribution in [0.15, 0.2) is 10.9 Å². The molecule has 1 aliphatic heterocycles. The van der Waals surface area contributed by atoms with E-state index in [4.69, 9.17) is 0 Å². The maximum atomic E-state index is 11.4. The molecule has 2 heterocycles. The fourth-order valence-electron chi connectivity index (χ4n) is 1.63. The minimum absolute atomic E-state index is 0.165. The van der Waals surface area contributed by atoms with Gasteiger partial charge in [-0.2, -0.15) is 0 Å². The number of rotatable bonds is 4. The molecule has 1 fully saturated rings. The third-order valence-electron chi connectivity index (χ3n) is 2.81. The Morgan fingerprint density at radius 1 is 1.59 bits per heavy atom. The highest BCUT2D eigenvalue weighted by atomic mass is 16.3. The number of aliphatic hydroxyl groups is 1. The molecule has 1 aliphatic rings. The van der Waals surface area contributed by atoms with Crippen LogP contribution in [0.25, 0.3) is 0 Å². The van der Waals surface area contributed by atoms with Crippen molar-refractivity contribution in [3.63, 3.8) is 0 Å². The molecule has 2 rings (SSSR count). The van der Waals surface area contributed by atoms with E-state index < -0.39 is 5.60 Å². The van der Waals surface area contributed by atoms with E-state index in [9.17, 15) is 9.90 Å². The molecule has 1 saturated heterocycles. The highest BCUT2D eigenvalue weighted by molar-refractivity contribution is 5.34. The molecular weight excluding hydrogens is 220 g/mol. The Kier molecular flexibility index (Phi) is 3.17. The predicted octanol–water partition coefficient (Wildman–Crippen LogP) is -0.361. The summed E-state index contributed by atoms with van der Waals surface area (Å²) in [4.78, 5) is 18.4. The van der Waals surface area contributed by atoms with Gasteiger partial charge >= 0.3 is 0 Å². The van der Waals surface area contributed by atoms with Gasteiger partial charge in [-0.3, -0.25) is 4.79 Å². The quantitative estimate of drug-likeness (QED) is 0.575. The average Bonchev–Trinajstić information content (AvgIpc) is 2.23. The van der Waals surface area contributed by atoms with Gasteiger partial charge in [0.25, 0.3) is 5.56 Å². The zero-order valence-corrected chi connectivity index (χ0v) is 10.1. The van der Waals surface area contributed by atoms with Gasteiger partial charge in [0.15, 0.2) is 0 Å². The monoisotopic (exact) mass is 238 g/mol. The summed E-state index contributed by atoms with van der Waals surface area (Å²) >= 11 is 0.